The Balaban J connectivity index is 2.41. The lowest BCUT2D eigenvalue weighted by molar-refractivity contribution is 0.548. The second-order valence-electron chi connectivity index (χ2n) is 4.21. The lowest BCUT2D eigenvalue weighted by Gasteiger charge is -2.19. The van der Waals surface area contributed by atoms with Crippen molar-refractivity contribution in [2.75, 3.05) is 6.54 Å². The van der Waals surface area contributed by atoms with Gasteiger partial charge in [-0.15, -0.1) is 5.10 Å². The third kappa shape index (κ3) is 3.40. The minimum Gasteiger partial charge on any atom is -0.305 e. The van der Waals surface area contributed by atoms with Crippen LogP contribution in [0.4, 0.5) is 0 Å². The van der Waals surface area contributed by atoms with Crippen LogP contribution in [0, 0.1) is 0 Å². The number of aryl methyl sites for hydroxylation is 1. The number of hydrogen-bond donors (Lipinski definition) is 1. The third-order valence-electron chi connectivity index (χ3n) is 2.76. The summed E-state index contributed by atoms with van der Waals surface area (Å²) < 4.78 is 3.49. The predicted octanol–water partition coefficient (Wildman–Crippen LogP) is 2.82. The number of aromatic nitrogens is 4. The summed E-state index contributed by atoms with van der Waals surface area (Å²) in [5.41, 5.74) is 2.07. The van der Waals surface area contributed by atoms with Crippen LogP contribution in [-0.2, 0) is 7.05 Å². The summed E-state index contributed by atoms with van der Waals surface area (Å²) in [6.45, 7) is 3.05. The minimum atomic E-state index is 0.0133. The molecule has 2 rings (SSSR count). The lowest BCUT2D eigenvalue weighted by Crippen LogP contribution is -2.25. The molecule has 7 heteroatoms. The average Bonchev–Trinajstić information content (AvgIpc) is 2.71. The molecule has 2 aromatic rings. The van der Waals surface area contributed by atoms with Crippen molar-refractivity contribution >= 4 is 31.9 Å². The van der Waals surface area contributed by atoms with Crippen molar-refractivity contribution in [3.05, 3.63) is 38.8 Å². The summed E-state index contributed by atoms with van der Waals surface area (Å²) >= 11 is 6.92. The van der Waals surface area contributed by atoms with Crippen LogP contribution in [0.2, 0.25) is 0 Å². The highest BCUT2D eigenvalue weighted by atomic mass is 79.9. The van der Waals surface area contributed by atoms with Crippen LogP contribution in [0.3, 0.4) is 0 Å². The number of rotatable bonds is 5. The highest BCUT2D eigenvalue weighted by Gasteiger charge is 2.21. The molecule has 0 saturated heterocycles. The van der Waals surface area contributed by atoms with Gasteiger partial charge in [0.05, 0.1) is 11.7 Å². The van der Waals surface area contributed by atoms with Crippen LogP contribution in [0.25, 0.3) is 0 Å². The zero-order valence-electron chi connectivity index (χ0n) is 10.8. The van der Waals surface area contributed by atoms with Gasteiger partial charge < -0.3 is 5.32 Å². The quantitative estimate of drug-likeness (QED) is 0.855. The molecule has 0 fully saturated rings. The highest BCUT2D eigenvalue weighted by Crippen LogP contribution is 2.27. The molecule has 1 N–H and O–H groups in total. The summed E-state index contributed by atoms with van der Waals surface area (Å²) in [6, 6.07) is 2.07. The second-order valence-corrected chi connectivity index (χ2v) is 5.88. The van der Waals surface area contributed by atoms with E-state index in [1.54, 1.807) is 10.9 Å². The molecule has 5 nitrogen and oxygen atoms in total. The van der Waals surface area contributed by atoms with E-state index in [0.29, 0.717) is 0 Å². The number of nitrogens with one attached hydrogen (secondary N) is 1. The molecule has 0 aliphatic rings. The molecule has 19 heavy (non-hydrogen) atoms. The topological polar surface area (TPSA) is 55.6 Å². The smallest absolute Gasteiger partial charge is 0.153 e. The first-order chi connectivity index (χ1) is 9.13. The van der Waals surface area contributed by atoms with E-state index in [-0.39, 0.29) is 6.04 Å². The van der Waals surface area contributed by atoms with Crippen molar-refractivity contribution in [1.82, 2.24) is 25.3 Å². The molecule has 0 amide bonds. The van der Waals surface area contributed by atoms with Gasteiger partial charge in [0.1, 0.15) is 0 Å². The Bertz CT molecular complexity index is 535. The largest absolute Gasteiger partial charge is 0.305 e. The van der Waals surface area contributed by atoms with Gasteiger partial charge in [0.2, 0.25) is 0 Å². The van der Waals surface area contributed by atoms with Crippen molar-refractivity contribution in [3.8, 4) is 0 Å². The number of halogens is 2. The molecular weight excluding hydrogens is 374 g/mol. The monoisotopic (exact) mass is 387 g/mol. The number of pyridine rings is 1. The van der Waals surface area contributed by atoms with E-state index in [1.807, 2.05) is 13.2 Å². The zero-order chi connectivity index (χ0) is 13.8. The van der Waals surface area contributed by atoms with E-state index in [0.717, 1.165) is 33.3 Å². The summed E-state index contributed by atoms with van der Waals surface area (Å²) in [7, 11) is 1.89. The Morgan fingerprint density at radius 2 is 2.16 bits per heavy atom. The fourth-order valence-electron chi connectivity index (χ4n) is 1.89. The Hall–Kier alpha value is -0.790. The van der Waals surface area contributed by atoms with Gasteiger partial charge in [-0.1, -0.05) is 12.1 Å². The van der Waals surface area contributed by atoms with E-state index >= 15 is 0 Å². The fourth-order valence-corrected chi connectivity index (χ4v) is 2.83. The maximum atomic E-state index is 4.23. The lowest BCUT2D eigenvalue weighted by atomic mass is 10.1. The minimum absolute atomic E-state index is 0.0133. The first-order valence-corrected chi connectivity index (χ1v) is 7.61. The molecule has 0 bridgehead atoms. The van der Waals surface area contributed by atoms with E-state index in [2.05, 4.69) is 65.5 Å². The van der Waals surface area contributed by atoms with Gasteiger partial charge in [-0.2, -0.15) is 0 Å². The van der Waals surface area contributed by atoms with Crippen LogP contribution < -0.4 is 5.32 Å². The van der Waals surface area contributed by atoms with Crippen molar-refractivity contribution in [1.29, 1.82) is 0 Å². The molecule has 0 spiro atoms. The zero-order valence-corrected chi connectivity index (χ0v) is 13.9. The van der Waals surface area contributed by atoms with Crippen molar-refractivity contribution in [2.24, 2.45) is 7.05 Å². The van der Waals surface area contributed by atoms with E-state index in [9.17, 15) is 0 Å². The predicted molar refractivity (Wildman–Crippen MR) is 80.8 cm³/mol. The van der Waals surface area contributed by atoms with E-state index in [4.69, 9.17) is 0 Å². The first kappa shape index (κ1) is 14.6. The molecule has 2 heterocycles. The molecule has 0 aromatic carbocycles. The Labute approximate surface area is 129 Å². The highest BCUT2D eigenvalue weighted by molar-refractivity contribution is 9.10. The molecule has 102 valence electrons. The molecule has 0 saturated carbocycles. The Kier molecular flexibility index (Phi) is 5.06. The van der Waals surface area contributed by atoms with Gasteiger partial charge in [0.15, 0.2) is 4.60 Å². The molecule has 0 aliphatic heterocycles. The van der Waals surface area contributed by atoms with Crippen LogP contribution in [0.1, 0.15) is 30.6 Å². The normalized spacial score (nSPS) is 12.6. The van der Waals surface area contributed by atoms with Gasteiger partial charge in [-0.05, 0) is 56.5 Å². The van der Waals surface area contributed by atoms with Gasteiger partial charge in [-0.25, -0.2) is 4.68 Å². The SMILES string of the molecule is CCCNC(c1cncc(Br)c1)c1c(Br)nnn1C. The van der Waals surface area contributed by atoms with Gasteiger partial charge in [-0.3, -0.25) is 4.98 Å². The number of hydrogen-bond acceptors (Lipinski definition) is 4. The first-order valence-electron chi connectivity index (χ1n) is 6.02. The molecule has 1 unspecified atom stereocenters. The van der Waals surface area contributed by atoms with E-state index in [1.165, 1.54) is 0 Å². The van der Waals surface area contributed by atoms with Crippen molar-refractivity contribution in [3.63, 3.8) is 0 Å². The van der Waals surface area contributed by atoms with Crippen molar-refractivity contribution in [2.45, 2.75) is 19.4 Å². The second kappa shape index (κ2) is 6.58. The fraction of sp³-hybridized carbons (Fsp3) is 0.417. The van der Waals surface area contributed by atoms with E-state index < -0.39 is 0 Å². The molecule has 2 aromatic heterocycles. The van der Waals surface area contributed by atoms with Gasteiger partial charge >= 0.3 is 0 Å². The maximum absolute atomic E-state index is 4.23. The van der Waals surface area contributed by atoms with Crippen LogP contribution in [0.5, 0.6) is 0 Å². The van der Waals surface area contributed by atoms with Crippen molar-refractivity contribution < 1.29 is 0 Å². The maximum Gasteiger partial charge on any atom is 0.153 e. The molecule has 0 radical (unpaired) electrons. The van der Waals surface area contributed by atoms with Crippen LogP contribution in [-0.4, -0.2) is 26.5 Å². The molecular formula is C12H15Br2N5. The summed E-state index contributed by atoms with van der Waals surface area (Å²) in [5.74, 6) is 0. The number of nitrogens with zero attached hydrogens (tertiary/aromatic N) is 4. The van der Waals surface area contributed by atoms with Gasteiger partial charge in [0.25, 0.3) is 0 Å². The summed E-state index contributed by atoms with van der Waals surface area (Å²) in [5, 5.41) is 11.6. The standard InChI is InChI=1S/C12H15Br2N5/c1-3-4-16-10(8-5-9(13)7-15-6-8)11-12(14)17-18-19(11)2/h5-7,10,16H,3-4H2,1-2H3. The molecule has 1 atom stereocenters. The summed E-state index contributed by atoms with van der Waals surface area (Å²) in [4.78, 5) is 4.23. The van der Waals surface area contributed by atoms with Crippen LogP contribution in [0.15, 0.2) is 27.5 Å². The van der Waals surface area contributed by atoms with Gasteiger partial charge in [0, 0.05) is 23.9 Å². The Morgan fingerprint density at radius 1 is 1.37 bits per heavy atom. The Morgan fingerprint density at radius 3 is 2.74 bits per heavy atom. The average molecular weight is 389 g/mol. The summed E-state index contributed by atoms with van der Waals surface area (Å²) in [6.07, 6.45) is 4.69. The third-order valence-corrected chi connectivity index (χ3v) is 3.76. The molecule has 0 aliphatic carbocycles. The van der Waals surface area contributed by atoms with Crippen LogP contribution >= 0.6 is 31.9 Å².